The predicted molar refractivity (Wildman–Crippen MR) is 75.0 cm³/mol. The smallest absolute Gasteiger partial charge is 0.387 e. The molecule has 0 radical (unpaired) electrons. The molecule has 0 saturated heterocycles. The molecule has 0 aliphatic heterocycles. The van der Waals surface area contributed by atoms with Gasteiger partial charge in [-0.15, -0.1) is 0 Å². The molecule has 1 rings (SSSR count). The number of para-hydroxylation sites is 1. The van der Waals surface area contributed by atoms with Gasteiger partial charge in [0.15, 0.2) is 0 Å². The molecule has 0 saturated carbocycles. The van der Waals surface area contributed by atoms with Gasteiger partial charge in [-0.2, -0.15) is 8.78 Å². The summed E-state index contributed by atoms with van der Waals surface area (Å²) in [5.74, 6) is 0.251. The maximum atomic E-state index is 12.4. The summed E-state index contributed by atoms with van der Waals surface area (Å²) >= 11 is 0. The normalized spacial score (nSPS) is 16.2. The Balaban J connectivity index is 2.75. The van der Waals surface area contributed by atoms with Gasteiger partial charge in [-0.3, -0.25) is 0 Å². The van der Waals surface area contributed by atoms with Gasteiger partial charge in [-0.25, -0.2) is 0 Å². The molecule has 3 nitrogen and oxygen atoms in total. The zero-order valence-corrected chi connectivity index (χ0v) is 12.4. The van der Waals surface area contributed by atoms with E-state index in [0.717, 1.165) is 0 Å². The number of ether oxygens (including phenoxy) is 1. The first-order valence-electron chi connectivity index (χ1n) is 6.73. The molecule has 1 aromatic carbocycles. The van der Waals surface area contributed by atoms with Gasteiger partial charge in [-0.05, 0) is 25.8 Å². The molecule has 20 heavy (non-hydrogen) atoms. The van der Waals surface area contributed by atoms with Crippen molar-refractivity contribution in [3.8, 4) is 5.75 Å². The highest BCUT2D eigenvalue weighted by Crippen LogP contribution is 2.27. The summed E-state index contributed by atoms with van der Waals surface area (Å²) in [6, 6.07) is 6.47. The Labute approximate surface area is 119 Å². The van der Waals surface area contributed by atoms with Gasteiger partial charge in [0.25, 0.3) is 0 Å². The fourth-order valence-corrected chi connectivity index (χ4v) is 1.72. The van der Waals surface area contributed by atoms with E-state index in [2.05, 4.69) is 10.1 Å². The highest BCUT2D eigenvalue weighted by atomic mass is 19.3. The number of halogens is 2. The van der Waals surface area contributed by atoms with Gasteiger partial charge >= 0.3 is 6.61 Å². The molecule has 0 spiro atoms. The number of aliphatic hydroxyl groups is 1. The van der Waals surface area contributed by atoms with Crippen LogP contribution in [0.25, 0.3) is 0 Å². The van der Waals surface area contributed by atoms with E-state index in [0.29, 0.717) is 12.1 Å². The summed E-state index contributed by atoms with van der Waals surface area (Å²) in [5, 5.41) is 13.3. The van der Waals surface area contributed by atoms with Crippen LogP contribution < -0.4 is 10.1 Å². The molecule has 2 N–H and O–H groups in total. The highest BCUT2D eigenvalue weighted by molar-refractivity contribution is 5.35. The monoisotopic (exact) mass is 287 g/mol. The average molecular weight is 287 g/mol. The molecule has 114 valence electrons. The molecule has 0 aliphatic carbocycles. The minimum atomic E-state index is -2.85. The van der Waals surface area contributed by atoms with Gasteiger partial charge in [0.05, 0.1) is 5.60 Å². The Bertz CT molecular complexity index is 422. The van der Waals surface area contributed by atoms with Gasteiger partial charge in [0.1, 0.15) is 5.75 Å². The molecule has 2 unspecified atom stereocenters. The van der Waals surface area contributed by atoms with Crippen molar-refractivity contribution >= 4 is 0 Å². The van der Waals surface area contributed by atoms with Gasteiger partial charge < -0.3 is 15.2 Å². The topological polar surface area (TPSA) is 41.5 Å². The number of nitrogens with one attached hydrogen (secondary N) is 1. The summed E-state index contributed by atoms with van der Waals surface area (Å²) in [6.45, 7) is 4.99. The van der Waals surface area contributed by atoms with Crippen molar-refractivity contribution in [1.29, 1.82) is 0 Å². The Hall–Kier alpha value is -1.20. The lowest BCUT2D eigenvalue weighted by molar-refractivity contribution is -0.0508. The fraction of sp³-hybridized carbons (Fsp3) is 0.600. The lowest BCUT2D eigenvalue weighted by atomic mass is 9.92. The quantitative estimate of drug-likeness (QED) is 0.808. The van der Waals surface area contributed by atoms with Gasteiger partial charge in [0, 0.05) is 18.2 Å². The van der Waals surface area contributed by atoms with Crippen molar-refractivity contribution in [3.63, 3.8) is 0 Å². The predicted octanol–water partition coefficient (Wildman–Crippen LogP) is 3.35. The third-order valence-electron chi connectivity index (χ3n) is 3.61. The largest absolute Gasteiger partial charge is 0.434 e. The van der Waals surface area contributed by atoms with Crippen LogP contribution in [0.1, 0.15) is 39.3 Å². The Morgan fingerprint density at radius 3 is 2.40 bits per heavy atom. The van der Waals surface area contributed by atoms with Crippen molar-refractivity contribution in [2.24, 2.45) is 5.92 Å². The third-order valence-corrected chi connectivity index (χ3v) is 3.61. The third kappa shape index (κ3) is 4.72. The molecular weight excluding hydrogens is 264 g/mol. The number of hydrogen-bond donors (Lipinski definition) is 2. The molecule has 2 atom stereocenters. The number of benzene rings is 1. The summed E-state index contributed by atoms with van der Waals surface area (Å²) in [6.07, 6.45) is 0. The summed E-state index contributed by atoms with van der Waals surface area (Å²) in [5.41, 5.74) is -0.209. The number of rotatable bonds is 7. The number of hydrogen-bond acceptors (Lipinski definition) is 3. The molecular formula is C15H23F2NO2. The van der Waals surface area contributed by atoms with Crippen LogP contribution in [-0.4, -0.2) is 23.9 Å². The minimum absolute atomic E-state index is 0.0924. The van der Waals surface area contributed by atoms with E-state index in [1.54, 1.807) is 25.1 Å². The first-order valence-corrected chi connectivity index (χ1v) is 6.73. The van der Waals surface area contributed by atoms with Gasteiger partial charge in [0.2, 0.25) is 0 Å². The molecule has 0 heterocycles. The second kappa shape index (κ2) is 6.99. The van der Waals surface area contributed by atoms with Crippen LogP contribution in [-0.2, 0) is 0 Å². The second-order valence-electron chi connectivity index (χ2n) is 5.53. The maximum Gasteiger partial charge on any atom is 0.387 e. The Morgan fingerprint density at radius 2 is 1.85 bits per heavy atom. The van der Waals surface area contributed by atoms with Crippen LogP contribution in [0, 0.1) is 5.92 Å². The van der Waals surface area contributed by atoms with Crippen LogP contribution in [0.2, 0.25) is 0 Å². The van der Waals surface area contributed by atoms with E-state index in [9.17, 15) is 13.9 Å². The second-order valence-corrected chi connectivity index (χ2v) is 5.53. The fourth-order valence-electron chi connectivity index (χ4n) is 1.72. The van der Waals surface area contributed by atoms with Crippen LogP contribution >= 0.6 is 0 Å². The van der Waals surface area contributed by atoms with Crippen LogP contribution in [0.3, 0.4) is 0 Å². The maximum absolute atomic E-state index is 12.4. The lowest BCUT2D eigenvalue weighted by Crippen LogP contribution is -2.43. The van der Waals surface area contributed by atoms with Crippen molar-refractivity contribution in [1.82, 2.24) is 5.32 Å². The molecule has 0 amide bonds. The summed E-state index contributed by atoms with van der Waals surface area (Å²) in [7, 11) is 0. The first kappa shape index (κ1) is 16.9. The standard InChI is InChI=1S/C15H23F2NO2/c1-10(2)15(4,19)9-18-11(3)12-7-5-6-8-13(12)20-14(16)17/h5-8,10-11,14,18-19H,9H2,1-4H3. The Morgan fingerprint density at radius 1 is 1.25 bits per heavy atom. The number of alkyl halides is 2. The Kier molecular flexibility index (Phi) is 5.89. The van der Waals surface area contributed by atoms with E-state index < -0.39 is 12.2 Å². The van der Waals surface area contributed by atoms with Crippen molar-refractivity contribution in [2.75, 3.05) is 6.54 Å². The minimum Gasteiger partial charge on any atom is -0.434 e. The van der Waals surface area contributed by atoms with E-state index in [1.807, 2.05) is 20.8 Å². The molecule has 1 aromatic rings. The summed E-state index contributed by atoms with van der Waals surface area (Å²) < 4.78 is 29.2. The molecule has 5 heteroatoms. The van der Waals surface area contributed by atoms with Crippen molar-refractivity contribution in [2.45, 2.75) is 45.9 Å². The van der Waals surface area contributed by atoms with Gasteiger partial charge in [-0.1, -0.05) is 32.0 Å². The lowest BCUT2D eigenvalue weighted by Gasteiger charge is -2.30. The summed E-state index contributed by atoms with van der Waals surface area (Å²) in [4.78, 5) is 0. The van der Waals surface area contributed by atoms with E-state index in [4.69, 9.17) is 0 Å². The van der Waals surface area contributed by atoms with Crippen LogP contribution in [0.15, 0.2) is 24.3 Å². The first-order chi connectivity index (χ1) is 9.24. The molecule has 0 aliphatic rings. The van der Waals surface area contributed by atoms with Crippen LogP contribution in [0.4, 0.5) is 8.78 Å². The molecule has 0 fully saturated rings. The molecule has 0 aromatic heterocycles. The highest BCUT2D eigenvalue weighted by Gasteiger charge is 2.25. The van der Waals surface area contributed by atoms with Crippen LogP contribution in [0.5, 0.6) is 5.75 Å². The zero-order valence-electron chi connectivity index (χ0n) is 12.4. The zero-order chi connectivity index (χ0) is 15.3. The average Bonchev–Trinajstić information content (AvgIpc) is 2.36. The SMILES string of the molecule is CC(NCC(C)(O)C(C)C)c1ccccc1OC(F)F. The van der Waals surface area contributed by atoms with E-state index in [-0.39, 0.29) is 17.7 Å². The van der Waals surface area contributed by atoms with Crippen molar-refractivity contribution < 1.29 is 18.6 Å². The van der Waals surface area contributed by atoms with Crippen molar-refractivity contribution in [3.05, 3.63) is 29.8 Å². The van der Waals surface area contributed by atoms with E-state index >= 15 is 0 Å². The van der Waals surface area contributed by atoms with E-state index in [1.165, 1.54) is 6.07 Å². The molecule has 0 bridgehead atoms.